The van der Waals surface area contributed by atoms with Crippen molar-refractivity contribution < 1.29 is 4.79 Å². The summed E-state index contributed by atoms with van der Waals surface area (Å²) >= 11 is 0. The van der Waals surface area contributed by atoms with Gasteiger partial charge in [0.1, 0.15) is 19.2 Å². The standard InChI is InChI=1S/C15H18N4O/c1-12-2-4-13(5-3-12)8-15(6-7-15)18-14(20)9-19-11-16-10-17-19/h2-5,10-11H,6-9H2,1H3,(H,18,20). The lowest BCUT2D eigenvalue weighted by Gasteiger charge is -2.17. The lowest BCUT2D eigenvalue weighted by molar-refractivity contribution is -0.122. The minimum absolute atomic E-state index is 0.000103. The Labute approximate surface area is 118 Å². The van der Waals surface area contributed by atoms with E-state index in [1.807, 2.05) is 0 Å². The number of rotatable bonds is 5. The van der Waals surface area contributed by atoms with E-state index >= 15 is 0 Å². The maximum absolute atomic E-state index is 12.0. The highest BCUT2D eigenvalue weighted by Gasteiger charge is 2.43. The number of nitrogens with one attached hydrogen (secondary N) is 1. The van der Waals surface area contributed by atoms with Crippen molar-refractivity contribution in [2.45, 2.75) is 38.3 Å². The zero-order valence-electron chi connectivity index (χ0n) is 11.5. The first kappa shape index (κ1) is 12.8. The number of nitrogens with zero attached hydrogens (tertiary/aromatic N) is 3. The van der Waals surface area contributed by atoms with E-state index in [1.165, 1.54) is 22.1 Å². The van der Waals surface area contributed by atoms with Crippen LogP contribution in [0.3, 0.4) is 0 Å². The monoisotopic (exact) mass is 270 g/mol. The number of aryl methyl sites for hydroxylation is 1. The van der Waals surface area contributed by atoms with Gasteiger partial charge in [-0.2, -0.15) is 5.10 Å². The molecule has 1 fully saturated rings. The van der Waals surface area contributed by atoms with E-state index in [2.05, 4.69) is 46.6 Å². The molecule has 0 unspecified atom stereocenters. The van der Waals surface area contributed by atoms with Gasteiger partial charge in [0.15, 0.2) is 0 Å². The highest BCUT2D eigenvalue weighted by atomic mass is 16.2. The molecule has 0 radical (unpaired) electrons. The molecule has 1 amide bonds. The second kappa shape index (κ2) is 5.07. The van der Waals surface area contributed by atoms with Crippen molar-refractivity contribution >= 4 is 5.91 Å². The van der Waals surface area contributed by atoms with Crippen molar-refractivity contribution in [2.24, 2.45) is 0 Å². The summed E-state index contributed by atoms with van der Waals surface area (Å²) in [7, 11) is 0. The number of hydrogen-bond donors (Lipinski definition) is 1. The van der Waals surface area contributed by atoms with Crippen molar-refractivity contribution in [3.63, 3.8) is 0 Å². The van der Waals surface area contributed by atoms with Gasteiger partial charge in [-0.05, 0) is 31.7 Å². The topological polar surface area (TPSA) is 59.8 Å². The molecule has 5 nitrogen and oxygen atoms in total. The molecule has 20 heavy (non-hydrogen) atoms. The van der Waals surface area contributed by atoms with Crippen LogP contribution in [0, 0.1) is 6.92 Å². The Balaban J connectivity index is 1.59. The normalized spacial score (nSPS) is 15.8. The summed E-state index contributed by atoms with van der Waals surface area (Å²) in [5, 5.41) is 7.09. The van der Waals surface area contributed by atoms with Crippen LogP contribution in [0.5, 0.6) is 0 Å². The first-order chi connectivity index (χ1) is 9.65. The minimum atomic E-state index is -0.0487. The molecule has 0 aliphatic heterocycles. The molecular formula is C15H18N4O. The fourth-order valence-electron chi connectivity index (χ4n) is 2.39. The van der Waals surface area contributed by atoms with Crippen LogP contribution in [0.25, 0.3) is 0 Å². The first-order valence-electron chi connectivity index (χ1n) is 6.84. The molecule has 0 saturated heterocycles. The van der Waals surface area contributed by atoms with Crippen molar-refractivity contribution in [3.8, 4) is 0 Å². The number of hydrogen-bond acceptors (Lipinski definition) is 3. The zero-order chi connectivity index (χ0) is 14.0. The van der Waals surface area contributed by atoms with E-state index in [0.717, 1.165) is 19.3 Å². The molecule has 0 atom stereocenters. The summed E-state index contributed by atoms with van der Waals surface area (Å²) < 4.78 is 1.54. The van der Waals surface area contributed by atoms with Gasteiger partial charge < -0.3 is 5.32 Å². The summed E-state index contributed by atoms with van der Waals surface area (Å²) in [5.74, 6) is 0.000103. The molecule has 0 bridgehead atoms. The maximum Gasteiger partial charge on any atom is 0.242 e. The summed E-state index contributed by atoms with van der Waals surface area (Å²) in [6, 6.07) is 8.50. The lowest BCUT2D eigenvalue weighted by atomic mass is 10.0. The second-order valence-corrected chi connectivity index (χ2v) is 5.58. The molecule has 5 heteroatoms. The Bertz CT molecular complexity index is 585. The van der Waals surface area contributed by atoms with Crippen LogP contribution in [0.15, 0.2) is 36.9 Å². The third-order valence-electron chi connectivity index (χ3n) is 3.69. The van der Waals surface area contributed by atoms with E-state index in [4.69, 9.17) is 0 Å². The molecular weight excluding hydrogens is 252 g/mol. The number of carbonyl (C=O) groups is 1. The lowest BCUT2D eigenvalue weighted by Crippen LogP contribution is -2.40. The molecule has 1 aliphatic carbocycles. The zero-order valence-corrected chi connectivity index (χ0v) is 11.5. The van der Waals surface area contributed by atoms with Crippen molar-refractivity contribution in [2.75, 3.05) is 0 Å². The van der Waals surface area contributed by atoms with E-state index in [0.29, 0.717) is 0 Å². The maximum atomic E-state index is 12.0. The van der Waals surface area contributed by atoms with Crippen LogP contribution in [0.2, 0.25) is 0 Å². The fourth-order valence-corrected chi connectivity index (χ4v) is 2.39. The molecule has 1 N–H and O–H groups in total. The second-order valence-electron chi connectivity index (χ2n) is 5.58. The molecule has 0 spiro atoms. The van der Waals surface area contributed by atoms with Crippen molar-refractivity contribution in [3.05, 3.63) is 48.0 Å². The van der Waals surface area contributed by atoms with Gasteiger partial charge in [0.05, 0.1) is 0 Å². The van der Waals surface area contributed by atoms with Crippen LogP contribution < -0.4 is 5.32 Å². The van der Waals surface area contributed by atoms with Crippen molar-refractivity contribution in [1.82, 2.24) is 20.1 Å². The van der Waals surface area contributed by atoms with Crippen LogP contribution in [0.1, 0.15) is 24.0 Å². The highest BCUT2D eigenvalue weighted by molar-refractivity contribution is 5.77. The van der Waals surface area contributed by atoms with Crippen LogP contribution >= 0.6 is 0 Å². The molecule has 3 rings (SSSR count). The smallest absolute Gasteiger partial charge is 0.242 e. The highest BCUT2D eigenvalue weighted by Crippen LogP contribution is 2.38. The van der Waals surface area contributed by atoms with Crippen LogP contribution in [0.4, 0.5) is 0 Å². The Morgan fingerprint density at radius 3 is 2.70 bits per heavy atom. The number of amides is 1. The predicted molar refractivity (Wildman–Crippen MR) is 75.0 cm³/mol. The van der Waals surface area contributed by atoms with E-state index in [-0.39, 0.29) is 18.0 Å². The van der Waals surface area contributed by atoms with Crippen LogP contribution in [-0.4, -0.2) is 26.2 Å². The van der Waals surface area contributed by atoms with Gasteiger partial charge in [0, 0.05) is 5.54 Å². The molecule has 104 valence electrons. The van der Waals surface area contributed by atoms with Gasteiger partial charge in [-0.15, -0.1) is 0 Å². The Kier molecular flexibility index (Phi) is 3.26. The van der Waals surface area contributed by atoms with Crippen LogP contribution in [-0.2, 0) is 17.8 Å². The predicted octanol–water partition coefficient (Wildman–Crippen LogP) is 1.48. The van der Waals surface area contributed by atoms with Gasteiger partial charge in [0.2, 0.25) is 5.91 Å². The van der Waals surface area contributed by atoms with Gasteiger partial charge in [-0.1, -0.05) is 29.8 Å². The molecule has 1 aromatic carbocycles. The fraction of sp³-hybridized carbons (Fsp3) is 0.400. The SMILES string of the molecule is Cc1ccc(CC2(NC(=O)Cn3cncn3)CC2)cc1. The summed E-state index contributed by atoms with van der Waals surface area (Å²) in [5.41, 5.74) is 2.48. The molecule has 2 aromatic rings. The number of benzene rings is 1. The first-order valence-corrected chi connectivity index (χ1v) is 6.84. The average Bonchev–Trinajstić information content (AvgIpc) is 2.96. The molecule has 1 aromatic heterocycles. The molecule has 1 saturated carbocycles. The van der Waals surface area contributed by atoms with Crippen molar-refractivity contribution in [1.29, 1.82) is 0 Å². The molecule has 1 heterocycles. The largest absolute Gasteiger partial charge is 0.349 e. The summed E-state index contributed by atoms with van der Waals surface area (Å²) in [4.78, 5) is 15.8. The number of aromatic nitrogens is 3. The Hall–Kier alpha value is -2.17. The quantitative estimate of drug-likeness (QED) is 0.895. The minimum Gasteiger partial charge on any atom is -0.349 e. The van der Waals surface area contributed by atoms with E-state index in [1.54, 1.807) is 6.33 Å². The van der Waals surface area contributed by atoms with Gasteiger partial charge in [0.25, 0.3) is 0 Å². The van der Waals surface area contributed by atoms with E-state index in [9.17, 15) is 4.79 Å². The van der Waals surface area contributed by atoms with Gasteiger partial charge >= 0.3 is 0 Å². The van der Waals surface area contributed by atoms with Gasteiger partial charge in [-0.25, -0.2) is 9.67 Å². The third kappa shape index (κ3) is 3.04. The Morgan fingerprint density at radius 2 is 2.10 bits per heavy atom. The number of carbonyl (C=O) groups excluding carboxylic acids is 1. The third-order valence-corrected chi connectivity index (χ3v) is 3.69. The van der Waals surface area contributed by atoms with E-state index < -0.39 is 0 Å². The summed E-state index contributed by atoms with van der Waals surface area (Å²) in [6.07, 6.45) is 5.98. The van der Waals surface area contributed by atoms with Gasteiger partial charge in [-0.3, -0.25) is 4.79 Å². The summed E-state index contributed by atoms with van der Waals surface area (Å²) in [6.45, 7) is 2.31. The average molecular weight is 270 g/mol. The Morgan fingerprint density at radius 1 is 1.35 bits per heavy atom. The molecule has 1 aliphatic rings.